The van der Waals surface area contributed by atoms with Gasteiger partial charge in [-0.15, -0.1) is 0 Å². The van der Waals surface area contributed by atoms with Crippen molar-refractivity contribution >= 4 is 33.2 Å². The maximum Gasteiger partial charge on any atom is 0.275 e. The highest BCUT2D eigenvalue weighted by molar-refractivity contribution is 9.10. The molecule has 7 nitrogen and oxygen atoms in total. The smallest absolute Gasteiger partial charge is 0.275 e. The molecule has 4 aromatic rings. The zero-order chi connectivity index (χ0) is 17.4. The average Bonchev–Trinajstić information content (AvgIpc) is 3.25. The molecular formula is C17H13BrN6O. The Morgan fingerprint density at radius 3 is 2.88 bits per heavy atom. The van der Waals surface area contributed by atoms with Crippen LogP contribution in [0.4, 0.5) is 5.69 Å². The van der Waals surface area contributed by atoms with Crippen LogP contribution in [0.5, 0.6) is 0 Å². The van der Waals surface area contributed by atoms with E-state index in [1.807, 2.05) is 47.7 Å². The quantitative estimate of drug-likeness (QED) is 0.576. The van der Waals surface area contributed by atoms with Crippen molar-refractivity contribution < 1.29 is 4.79 Å². The normalized spacial score (nSPS) is 11.0. The Hall–Kier alpha value is -3.00. The Morgan fingerprint density at radius 2 is 2.12 bits per heavy atom. The molecule has 0 saturated carbocycles. The molecule has 0 bridgehead atoms. The summed E-state index contributed by atoms with van der Waals surface area (Å²) >= 11 is 3.43. The fraction of sp³-hybridized carbons (Fsp3) is 0.0588. The highest BCUT2D eigenvalue weighted by Crippen LogP contribution is 2.25. The number of benzene rings is 1. The van der Waals surface area contributed by atoms with Gasteiger partial charge in [-0.3, -0.25) is 4.79 Å². The second kappa shape index (κ2) is 6.14. The number of halogens is 1. The number of anilines is 1. The third kappa shape index (κ3) is 2.91. The van der Waals surface area contributed by atoms with Gasteiger partial charge in [0, 0.05) is 16.4 Å². The molecule has 8 heteroatoms. The number of nitrogens with zero attached hydrogens (tertiary/aromatic N) is 5. The summed E-state index contributed by atoms with van der Waals surface area (Å²) in [6, 6.07) is 11.3. The largest absolute Gasteiger partial charge is 0.319 e. The SMILES string of the molecule is Cc1cccc2nc(C(=O)Nc3cc(Br)ccc3-n3cncn3)cn12. The third-order valence-corrected chi connectivity index (χ3v) is 4.29. The van der Waals surface area contributed by atoms with Crippen LogP contribution < -0.4 is 5.32 Å². The number of amides is 1. The van der Waals surface area contributed by atoms with Crippen molar-refractivity contribution in [1.29, 1.82) is 0 Å². The molecule has 0 aliphatic carbocycles. The number of aromatic nitrogens is 5. The van der Waals surface area contributed by atoms with Crippen molar-refractivity contribution in [3.63, 3.8) is 0 Å². The van der Waals surface area contributed by atoms with E-state index in [0.717, 1.165) is 15.8 Å². The van der Waals surface area contributed by atoms with Crippen LogP contribution in [-0.4, -0.2) is 30.1 Å². The summed E-state index contributed by atoms with van der Waals surface area (Å²) in [4.78, 5) is 21.0. The van der Waals surface area contributed by atoms with E-state index in [1.54, 1.807) is 17.2 Å². The molecule has 0 atom stereocenters. The molecule has 0 aliphatic heterocycles. The van der Waals surface area contributed by atoms with Gasteiger partial charge in [0.2, 0.25) is 0 Å². The standard InChI is InChI=1S/C17H13BrN6O/c1-11-3-2-4-16-21-14(8-23(11)16)17(25)22-13-7-12(18)5-6-15(13)24-10-19-9-20-24/h2-10H,1H3,(H,22,25). The minimum absolute atomic E-state index is 0.289. The van der Waals surface area contributed by atoms with Crippen LogP contribution in [0.25, 0.3) is 11.3 Å². The third-order valence-electron chi connectivity index (χ3n) is 3.80. The molecule has 0 fully saturated rings. The molecule has 3 aromatic heterocycles. The second-order valence-electron chi connectivity index (χ2n) is 5.48. The summed E-state index contributed by atoms with van der Waals surface area (Å²) in [7, 11) is 0. The summed E-state index contributed by atoms with van der Waals surface area (Å²) in [5, 5.41) is 7.03. The molecule has 0 spiro atoms. The molecule has 3 heterocycles. The Labute approximate surface area is 151 Å². The molecule has 0 saturated heterocycles. The van der Waals surface area contributed by atoms with Crippen molar-refractivity contribution in [3.8, 4) is 5.69 Å². The van der Waals surface area contributed by atoms with Crippen molar-refractivity contribution in [3.05, 3.63) is 71.1 Å². The van der Waals surface area contributed by atoms with Crippen molar-refractivity contribution in [2.45, 2.75) is 6.92 Å². The number of rotatable bonds is 3. The predicted molar refractivity (Wildman–Crippen MR) is 96.9 cm³/mol. The number of hydrogen-bond donors (Lipinski definition) is 1. The van der Waals surface area contributed by atoms with E-state index in [1.165, 1.54) is 6.33 Å². The summed E-state index contributed by atoms with van der Waals surface area (Å²) in [6.45, 7) is 1.97. The molecule has 0 aliphatic rings. The van der Waals surface area contributed by atoms with Gasteiger partial charge in [0.05, 0.1) is 11.4 Å². The molecular weight excluding hydrogens is 384 g/mol. The number of pyridine rings is 1. The minimum Gasteiger partial charge on any atom is -0.319 e. The van der Waals surface area contributed by atoms with Crippen molar-refractivity contribution in [1.82, 2.24) is 24.1 Å². The lowest BCUT2D eigenvalue weighted by molar-refractivity contribution is 0.102. The van der Waals surface area contributed by atoms with Crippen LogP contribution in [0.2, 0.25) is 0 Å². The first-order valence-corrected chi connectivity index (χ1v) is 8.32. The van der Waals surface area contributed by atoms with Gasteiger partial charge in [-0.2, -0.15) is 5.10 Å². The van der Waals surface area contributed by atoms with Crippen molar-refractivity contribution in [2.24, 2.45) is 0 Å². The van der Waals surface area contributed by atoms with Crippen LogP contribution in [0.1, 0.15) is 16.2 Å². The summed E-state index contributed by atoms with van der Waals surface area (Å²) in [5.41, 5.74) is 3.41. The molecule has 0 radical (unpaired) electrons. The molecule has 124 valence electrons. The minimum atomic E-state index is -0.289. The summed E-state index contributed by atoms with van der Waals surface area (Å²) in [5.74, 6) is -0.289. The van der Waals surface area contributed by atoms with E-state index in [9.17, 15) is 4.79 Å². The van der Waals surface area contributed by atoms with Gasteiger partial charge in [-0.1, -0.05) is 22.0 Å². The number of aryl methyl sites for hydroxylation is 1. The van der Waals surface area contributed by atoms with E-state index in [2.05, 4.69) is 36.3 Å². The molecule has 1 amide bonds. The lowest BCUT2D eigenvalue weighted by Gasteiger charge is -2.10. The molecule has 25 heavy (non-hydrogen) atoms. The van der Waals surface area contributed by atoms with Crippen LogP contribution in [0.3, 0.4) is 0 Å². The molecule has 4 rings (SSSR count). The maximum atomic E-state index is 12.7. The zero-order valence-electron chi connectivity index (χ0n) is 13.2. The highest BCUT2D eigenvalue weighted by Gasteiger charge is 2.15. The molecule has 1 aromatic carbocycles. The van der Waals surface area contributed by atoms with Crippen LogP contribution in [0, 0.1) is 6.92 Å². The van der Waals surface area contributed by atoms with E-state index >= 15 is 0 Å². The van der Waals surface area contributed by atoms with Crippen LogP contribution >= 0.6 is 15.9 Å². The first kappa shape index (κ1) is 15.5. The Morgan fingerprint density at radius 1 is 1.24 bits per heavy atom. The van der Waals surface area contributed by atoms with E-state index in [-0.39, 0.29) is 5.91 Å². The summed E-state index contributed by atoms with van der Waals surface area (Å²) in [6.07, 6.45) is 4.75. The number of carbonyl (C=O) groups is 1. The Kier molecular flexibility index (Phi) is 3.81. The van der Waals surface area contributed by atoms with Gasteiger partial charge in [0.15, 0.2) is 0 Å². The first-order valence-electron chi connectivity index (χ1n) is 7.52. The first-order chi connectivity index (χ1) is 12.1. The van der Waals surface area contributed by atoms with Crippen LogP contribution in [-0.2, 0) is 0 Å². The number of nitrogens with one attached hydrogen (secondary N) is 1. The van der Waals surface area contributed by atoms with Gasteiger partial charge < -0.3 is 9.72 Å². The topological polar surface area (TPSA) is 77.1 Å². The van der Waals surface area contributed by atoms with Crippen LogP contribution in [0.15, 0.2) is 59.7 Å². The number of hydrogen-bond acceptors (Lipinski definition) is 4. The van der Waals surface area contributed by atoms with Gasteiger partial charge in [-0.05, 0) is 37.3 Å². The average molecular weight is 397 g/mol. The highest BCUT2D eigenvalue weighted by atomic mass is 79.9. The van der Waals surface area contributed by atoms with E-state index in [0.29, 0.717) is 17.1 Å². The van der Waals surface area contributed by atoms with E-state index < -0.39 is 0 Å². The number of imidazole rings is 1. The fourth-order valence-corrected chi connectivity index (χ4v) is 2.95. The Balaban J connectivity index is 1.70. The van der Waals surface area contributed by atoms with E-state index in [4.69, 9.17) is 0 Å². The predicted octanol–water partition coefficient (Wildman–Crippen LogP) is 3.24. The van der Waals surface area contributed by atoms with Gasteiger partial charge >= 0.3 is 0 Å². The lowest BCUT2D eigenvalue weighted by atomic mass is 10.2. The molecule has 0 unspecified atom stereocenters. The lowest BCUT2D eigenvalue weighted by Crippen LogP contribution is -2.14. The number of carbonyl (C=O) groups excluding carboxylic acids is 1. The summed E-state index contributed by atoms with van der Waals surface area (Å²) < 4.78 is 4.32. The fourth-order valence-electron chi connectivity index (χ4n) is 2.58. The Bertz CT molecular complexity index is 1070. The van der Waals surface area contributed by atoms with Crippen molar-refractivity contribution in [2.75, 3.05) is 5.32 Å². The maximum absolute atomic E-state index is 12.7. The number of fused-ring (bicyclic) bond motifs is 1. The zero-order valence-corrected chi connectivity index (χ0v) is 14.8. The second-order valence-corrected chi connectivity index (χ2v) is 6.39. The monoisotopic (exact) mass is 396 g/mol. The molecule has 1 N–H and O–H groups in total. The van der Waals surface area contributed by atoms with Gasteiger partial charge in [0.25, 0.3) is 5.91 Å². The van der Waals surface area contributed by atoms with Gasteiger partial charge in [0.1, 0.15) is 24.0 Å². The van der Waals surface area contributed by atoms with Gasteiger partial charge in [-0.25, -0.2) is 14.6 Å².